The van der Waals surface area contributed by atoms with Crippen LogP contribution >= 0.6 is 0 Å². The van der Waals surface area contributed by atoms with Gasteiger partial charge >= 0.3 is 0 Å². The third kappa shape index (κ3) is 3.87. The molecule has 2 N–H and O–H groups in total. The number of carbonyl (C=O) groups is 1. The Morgan fingerprint density at radius 2 is 2.36 bits per heavy atom. The molecule has 0 aromatic carbocycles. The van der Waals surface area contributed by atoms with E-state index >= 15 is 0 Å². The lowest BCUT2D eigenvalue weighted by Crippen LogP contribution is -2.48. The van der Waals surface area contributed by atoms with Crippen LogP contribution in [-0.2, 0) is 18.2 Å². The Balaban J connectivity index is 1.60. The highest BCUT2D eigenvalue weighted by Crippen LogP contribution is 2.11. The minimum atomic E-state index is -0.214. The van der Waals surface area contributed by atoms with Crippen LogP contribution in [-0.4, -0.2) is 62.9 Å². The monoisotopic (exact) mass is 346 g/mol. The Bertz CT molecular complexity index is 799. The van der Waals surface area contributed by atoms with E-state index in [1.807, 2.05) is 6.92 Å². The van der Waals surface area contributed by atoms with Gasteiger partial charge in [0.05, 0.1) is 12.7 Å². The van der Waals surface area contributed by atoms with Gasteiger partial charge in [-0.25, -0.2) is 4.98 Å². The number of aromatic amines is 1. The summed E-state index contributed by atoms with van der Waals surface area (Å²) in [4.78, 5) is 30.3. The summed E-state index contributed by atoms with van der Waals surface area (Å²) in [6.07, 6.45) is 3.74. The molecular weight excluding hydrogens is 324 g/mol. The van der Waals surface area contributed by atoms with Crippen molar-refractivity contribution in [3.8, 4) is 0 Å². The Hall–Kier alpha value is -2.68. The lowest BCUT2D eigenvalue weighted by molar-refractivity contribution is -0.0152. The molecule has 9 nitrogen and oxygen atoms in total. The van der Waals surface area contributed by atoms with Crippen molar-refractivity contribution in [3.05, 3.63) is 40.2 Å². The number of amides is 1. The van der Waals surface area contributed by atoms with Gasteiger partial charge in [-0.05, 0) is 12.5 Å². The highest BCUT2D eigenvalue weighted by Gasteiger charge is 2.26. The number of aromatic nitrogens is 4. The molecule has 0 radical (unpaired) electrons. The zero-order chi connectivity index (χ0) is 17.8. The van der Waals surface area contributed by atoms with Crippen molar-refractivity contribution in [1.82, 2.24) is 24.6 Å². The summed E-state index contributed by atoms with van der Waals surface area (Å²) < 4.78 is 7.15. The molecule has 25 heavy (non-hydrogen) atoms. The van der Waals surface area contributed by atoms with Gasteiger partial charge in [-0.2, -0.15) is 5.10 Å². The van der Waals surface area contributed by atoms with Crippen LogP contribution in [0.3, 0.4) is 0 Å². The standard InChI is InChI=1S/C16H22N6O3/c1-3-11-8-13(20-19-11)15(23)22-6-7-25-12(10-22)9-18-14-16(24)21(2)5-4-17-14/h4-5,8,12H,3,6-7,9-10H2,1-2H3,(H,17,18)(H,19,20). The van der Waals surface area contributed by atoms with Crippen molar-refractivity contribution in [3.63, 3.8) is 0 Å². The van der Waals surface area contributed by atoms with Crippen molar-refractivity contribution in [2.45, 2.75) is 19.4 Å². The molecular formula is C16H22N6O3. The first-order valence-electron chi connectivity index (χ1n) is 8.29. The molecule has 2 aromatic rings. The normalized spacial score (nSPS) is 17.5. The van der Waals surface area contributed by atoms with Gasteiger partial charge in [-0.3, -0.25) is 14.7 Å². The van der Waals surface area contributed by atoms with Gasteiger partial charge < -0.3 is 19.5 Å². The Labute approximate surface area is 145 Å². The predicted molar refractivity (Wildman–Crippen MR) is 91.6 cm³/mol. The Morgan fingerprint density at radius 1 is 1.52 bits per heavy atom. The van der Waals surface area contributed by atoms with Crippen LogP contribution < -0.4 is 10.9 Å². The number of morpholine rings is 1. The first-order valence-corrected chi connectivity index (χ1v) is 8.29. The molecule has 0 spiro atoms. The number of nitrogens with one attached hydrogen (secondary N) is 2. The zero-order valence-electron chi connectivity index (χ0n) is 14.4. The molecule has 0 aliphatic carbocycles. The van der Waals surface area contributed by atoms with Crippen molar-refractivity contribution in [1.29, 1.82) is 0 Å². The fourth-order valence-corrected chi connectivity index (χ4v) is 2.67. The maximum atomic E-state index is 12.5. The number of rotatable bonds is 5. The first-order chi connectivity index (χ1) is 12.1. The van der Waals surface area contributed by atoms with E-state index in [4.69, 9.17) is 4.74 Å². The number of carbonyl (C=O) groups excluding carboxylic acids is 1. The van der Waals surface area contributed by atoms with Crippen molar-refractivity contribution >= 4 is 11.7 Å². The third-order valence-electron chi connectivity index (χ3n) is 4.17. The number of ether oxygens (including phenoxy) is 1. The molecule has 1 unspecified atom stereocenters. The SMILES string of the molecule is CCc1cc(C(=O)N2CCOC(CNc3nccn(C)c3=O)C2)n[nH]1. The number of hydrogen-bond donors (Lipinski definition) is 2. The average Bonchev–Trinajstić information content (AvgIpc) is 3.12. The molecule has 1 aliphatic heterocycles. The van der Waals surface area contributed by atoms with Gasteiger partial charge in [0, 0.05) is 44.8 Å². The maximum Gasteiger partial charge on any atom is 0.293 e. The van der Waals surface area contributed by atoms with E-state index in [-0.39, 0.29) is 23.4 Å². The lowest BCUT2D eigenvalue weighted by Gasteiger charge is -2.32. The largest absolute Gasteiger partial charge is 0.373 e. The minimum absolute atomic E-state index is 0.113. The van der Waals surface area contributed by atoms with Gasteiger partial charge in [-0.1, -0.05) is 6.92 Å². The van der Waals surface area contributed by atoms with Crippen LogP contribution in [0.1, 0.15) is 23.1 Å². The second-order valence-electron chi connectivity index (χ2n) is 5.95. The van der Waals surface area contributed by atoms with E-state index in [0.717, 1.165) is 12.1 Å². The molecule has 9 heteroatoms. The molecule has 1 saturated heterocycles. The van der Waals surface area contributed by atoms with Crippen LogP contribution in [0.25, 0.3) is 0 Å². The number of H-pyrrole nitrogens is 1. The van der Waals surface area contributed by atoms with Crippen molar-refractivity contribution in [2.24, 2.45) is 7.05 Å². The molecule has 3 heterocycles. The Morgan fingerprint density at radius 3 is 3.12 bits per heavy atom. The van der Waals surface area contributed by atoms with Gasteiger partial charge in [0.2, 0.25) is 0 Å². The maximum absolute atomic E-state index is 12.5. The van der Waals surface area contributed by atoms with Crippen LogP contribution in [0.5, 0.6) is 0 Å². The second-order valence-corrected chi connectivity index (χ2v) is 5.95. The van der Waals surface area contributed by atoms with Crippen LogP contribution in [0.4, 0.5) is 5.82 Å². The molecule has 0 bridgehead atoms. The lowest BCUT2D eigenvalue weighted by atomic mass is 10.2. The number of aryl methyl sites for hydroxylation is 2. The summed E-state index contributed by atoms with van der Waals surface area (Å²) in [5.74, 6) is 0.162. The first kappa shape index (κ1) is 17.2. The highest BCUT2D eigenvalue weighted by molar-refractivity contribution is 5.92. The molecule has 1 aliphatic rings. The molecule has 1 amide bonds. The predicted octanol–water partition coefficient (Wildman–Crippen LogP) is 0.0189. The minimum Gasteiger partial charge on any atom is -0.373 e. The van der Waals surface area contributed by atoms with Gasteiger partial charge in [0.25, 0.3) is 11.5 Å². The summed E-state index contributed by atoms with van der Waals surface area (Å²) in [6, 6.07) is 1.78. The third-order valence-corrected chi connectivity index (χ3v) is 4.17. The van der Waals surface area contributed by atoms with E-state index in [1.165, 1.54) is 4.57 Å². The average molecular weight is 346 g/mol. The number of anilines is 1. The second kappa shape index (κ2) is 7.47. The summed E-state index contributed by atoms with van der Waals surface area (Å²) in [5, 5.41) is 9.94. The molecule has 1 fully saturated rings. The van der Waals surface area contributed by atoms with E-state index in [1.54, 1.807) is 30.4 Å². The van der Waals surface area contributed by atoms with Gasteiger partial charge in [-0.15, -0.1) is 0 Å². The summed E-state index contributed by atoms with van der Waals surface area (Å²) in [5.41, 5.74) is 1.15. The molecule has 134 valence electrons. The highest BCUT2D eigenvalue weighted by atomic mass is 16.5. The molecule has 0 saturated carbocycles. The van der Waals surface area contributed by atoms with Crippen LogP contribution in [0.2, 0.25) is 0 Å². The Kier molecular flexibility index (Phi) is 5.13. The van der Waals surface area contributed by atoms with E-state index in [0.29, 0.717) is 31.9 Å². The zero-order valence-corrected chi connectivity index (χ0v) is 14.4. The smallest absolute Gasteiger partial charge is 0.293 e. The van der Waals surface area contributed by atoms with E-state index < -0.39 is 0 Å². The quantitative estimate of drug-likeness (QED) is 0.791. The topological polar surface area (TPSA) is 105 Å². The number of nitrogens with zero attached hydrogens (tertiary/aromatic N) is 4. The van der Waals surface area contributed by atoms with E-state index in [2.05, 4.69) is 20.5 Å². The fraction of sp³-hybridized carbons (Fsp3) is 0.500. The van der Waals surface area contributed by atoms with Gasteiger partial charge in [0.15, 0.2) is 5.82 Å². The van der Waals surface area contributed by atoms with Crippen LogP contribution in [0, 0.1) is 0 Å². The van der Waals surface area contributed by atoms with Crippen molar-refractivity contribution in [2.75, 3.05) is 31.6 Å². The summed E-state index contributed by atoms with van der Waals surface area (Å²) in [7, 11) is 1.67. The van der Waals surface area contributed by atoms with E-state index in [9.17, 15) is 9.59 Å². The molecule has 3 rings (SSSR count). The summed E-state index contributed by atoms with van der Waals surface area (Å²) in [6.45, 7) is 3.81. The molecule has 1 atom stereocenters. The fourth-order valence-electron chi connectivity index (χ4n) is 2.67. The molecule has 2 aromatic heterocycles. The van der Waals surface area contributed by atoms with Crippen LogP contribution in [0.15, 0.2) is 23.3 Å². The van der Waals surface area contributed by atoms with Gasteiger partial charge in [0.1, 0.15) is 5.69 Å². The number of hydrogen-bond acceptors (Lipinski definition) is 6. The van der Waals surface area contributed by atoms with Crippen molar-refractivity contribution < 1.29 is 9.53 Å². The summed E-state index contributed by atoms with van der Waals surface area (Å²) >= 11 is 0.